The second-order valence-corrected chi connectivity index (χ2v) is 5.45. The Hall–Kier alpha value is -1.96. The van der Waals surface area contributed by atoms with Gasteiger partial charge in [-0.3, -0.25) is 4.99 Å². The van der Waals surface area contributed by atoms with Crippen LogP contribution < -0.4 is 20.1 Å². The molecular formula is C18H22IN3O2. The molecule has 0 saturated carbocycles. The quantitative estimate of drug-likeness (QED) is 0.437. The number of nitrogens with zero attached hydrogens (tertiary/aromatic N) is 1. The Morgan fingerprint density at radius 2 is 1.58 bits per heavy atom. The Kier molecular flexibility index (Phi) is 6.72. The van der Waals surface area contributed by atoms with Crippen molar-refractivity contribution in [3.8, 4) is 11.5 Å². The molecule has 2 N–H and O–H groups in total. The van der Waals surface area contributed by atoms with Crippen molar-refractivity contribution in [2.75, 3.05) is 13.8 Å². The van der Waals surface area contributed by atoms with E-state index in [0.29, 0.717) is 13.3 Å². The number of fused-ring (bicyclic) bond motifs is 1. The van der Waals surface area contributed by atoms with Gasteiger partial charge in [0.2, 0.25) is 6.79 Å². The Bertz CT molecular complexity index is 702. The van der Waals surface area contributed by atoms with Crippen LogP contribution in [0.2, 0.25) is 0 Å². The molecule has 6 heteroatoms. The highest BCUT2D eigenvalue weighted by Gasteiger charge is 2.13. The fraction of sp³-hybridized carbons (Fsp3) is 0.278. The topological polar surface area (TPSA) is 54.9 Å². The first-order valence-corrected chi connectivity index (χ1v) is 7.63. The van der Waals surface area contributed by atoms with Gasteiger partial charge in [-0.25, -0.2) is 0 Å². The molecule has 0 saturated heterocycles. The third-order valence-electron chi connectivity index (χ3n) is 3.70. The Balaban J connectivity index is 0.00000208. The SMILES string of the molecule is CN=C(NCc1ccc(C)cc1)NCc1ccc2c(c1)OCO2.I. The monoisotopic (exact) mass is 439 g/mol. The van der Waals surface area contributed by atoms with Crippen molar-refractivity contribution >= 4 is 29.9 Å². The minimum absolute atomic E-state index is 0. The molecule has 128 valence electrons. The lowest BCUT2D eigenvalue weighted by Gasteiger charge is -2.12. The first-order chi connectivity index (χ1) is 11.2. The fourth-order valence-electron chi connectivity index (χ4n) is 2.35. The summed E-state index contributed by atoms with van der Waals surface area (Å²) in [7, 11) is 1.77. The molecule has 0 aromatic heterocycles. The van der Waals surface area contributed by atoms with Crippen LogP contribution in [0.25, 0.3) is 0 Å². The Labute approximate surface area is 159 Å². The molecule has 1 aliphatic heterocycles. The number of benzene rings is 2. The highest BCUT2D eigenvalue weighted by atomic mass is 127. The molecule has 1 heterocycles. The molecular weight excluding hydrogens is 417 g/mol. The summed E-state index contributed by atoms with van der Waals surface area (Å²) in [5.41, 5.74) is 3.60. The van der Waals surface area contributed by atoms with Crippen LogP contribution in [0.5, 0.6) is 11.5 Å². The fourth-order valence-corrected chi connectivity index (χ4v) is 2.35. The summed E-state index contributed by atoms with van der Waals surface area (Å²) in [4.78, 5) is 4.25. The number of aliphatic imine (C=N–C) groups is 1. The Morgan fingerprint density at radius 1 is 0.958 bits per heavy atom. The second kappa shape index (κ2) is 8.77. The van der Waals surface area contributed by atoms with Crippen LogP contribution in [0.1, 0.15) is 16.7 Å². The van der Waals surface area contributed by atoms with Crippen molar-refractivity contribution in [1.29, 1.82) is 0 Å². The molecule has 0 amide bonds. The van der Waals surface area contributed by atoms with Gasteiger partial charge in [-0.2, -0.15) is 0 Å². The molecule has 0 aliphatic carbocycles. The van der Waals surface area contributed by atoms with Gasteiger partial charge in [0.05, 0.1) is 0 Å². The van der Waals surface area contributed by atoms with Gasteiger partial charge in [-0.05, 0) is 30.2 Å². The normalized spacial score (nSPS) is 12.5. The molecule has 24 heavy (non-hydrogen) atoms. The molecule has 2 aromatic rings. The third kappa shape index (κ3) is 4.77. The average molecular weight is 439 g/mol. The van der Waals surface area contributed by atoms with Crippen LogP contribution in [0, 0.1) is 6.92 Å². The zero-order valence-corrected chi connectivity index (χ0v) is 16.2. The van der Waals surface area contributed by atoms with Crippen LogP contribution >= 0.6 is 24.0 Å². The van der Waals surface area contributed by atoms with Gasteiger partial charge in [-0.15, -0.1) is 24.0 Å². The maximum atomic E-state index is 5.39. The van der Waals surface area contributed by atoms with E-state index in [1.165, 1.54) is 11.1 Å². The van der Waals surface area contributed by atoms with E-state index in [-0.39, 0.29) is 24.0 Å². The number of ether oxygens (including phenoxy) is 2. The second-order valence-electron chi connectivity index (χ2n) is 5.45. The first kappa shape index (κ1) is 18.4. The van der Waals surface area contributed by atoms with Crippen molar-refractivity contribution in [2.24, 2.45) is 4.99 Å². The van der Waals surface area contributed by atoms with E-state index in [0.717, 1.165) is 29.6 Å². The maximum Gasteiger partial charge on any atom is 0.231 e. The van der Waals surface area contributed by atoms with Crippen LogP contribution in [-0.4, -0.2) is 19.8 Å². The number of nitrogens with one attached hydrogen (secondary N) is 2. The van der Waals surface area contributed by atoms with Gasteiger partial charge in [0, 0.05) is 20.1 Å². The molecule has 0 radical (unpaired) electrons. The van der Waals surface area contributed by atoms with Crippen molar-refractivity contribution in [3.05, 3.63) is 59.2 Å². The van der Waals surface area contributed by atoms with Crippen LogP contribution in [0.15, 0.2) is 47.5 Å². The summed E-state index contributed by atoms with van der Waals surface area (Å²) in [6, 6.07) is 14.4. The third-order valence-corrected chi connectivity index (χ3v) is 3.70. The highest BCUT2D eigenvalue weighted by molar-refractivity contribution is 14.0. The van der Waals surface area contributed by atoms with E-state index in [2.05, 4.69) is 46.8 Å². The summed E-state index contributed by atoms with van der Waals surface area (Å²) in [5, 5.41) is 6.61. The predicted molar refractivity (Wildman–Crippen MR) is 106 cm³/mol. The zero-order valence-electron chi connectivity index (χ0n) is 13.8. The average Bonchev–Trinajstić information content (AvgIpc) is 3.04. The predicted octanol–water partition coefficient (Wildman–Crippen LogP) is 3.21. The van der Waals surface area contributed by atoms with E-state index >= 15 is 0 Å². The summed E-state index contributed by atoms with van der Waals surface area (Å²) >= 11 is 0. The number of guanidine groups is 1. The number of hydrogen-bond acceptors (Lipinski definition) is 3. The van der Waals surface area contributed by atoms with E-state index in [1.54, 1.807) is 7.05 Å². The van der Waals surface area contributed by atoms with Crippen molar-refractivity contribution < 1.29 is 9.47 Å². The van der Waals surface area contributed by atoms with Gasteiger partial charge in [0.15, 0.2) is 17.5 Å². The lowest BCUT2D eigenvalue weighted by molar-refractivity contribution is 0.174. The molecule has 5 nitrogen and oxygen atoms in total. The smallest absolute Gasteiger partial charge is 0.231 e. The first-order valence-electron chi connectivity index (χ1n) is 7.63. The van der Waals surface area contributed by atoms with E-state index in [9.17, 15) is 0 Å². The van der Waals surface area contributed by atoms with Gasteiger partial charge in [0.25, 0.3) is 0 Å². The molecule has 0 unspecified atom stereocenters. The molecule has 0 atom stereocenters. The van der Waals surface area contributed by atoms with Gasteiger partial charge < -0.3 is 20.1 Å². The van der Waals surface area contributed by atoms with Gasteiger partial charge >= 0.3 is 0 Å². The number of aryl methyl sites for hydroxylation is 1. The Morgan fingerprint density at radius 3 is 2.29 bits per heavy atom. The number of rotatable bonds is 4. The largest absolute Gasteiger partial charge is 0.454 e. The summed E-state index contributed by atoms with van der Waals surface area (Å²) in [6.45, 7) is 3.79. The highest BCUT2D eigenvalue weighted by Crippen LogP contribution is 2.32. The molecule has 0 spiro atoms. The number of halogens is 1. The molecule has 2 aromatic carbocycles. The summed E-state index contributed by atoms with van der Waals surface area (Å²) in [6.07, 6.45) is 0. The summed E-state index contributed by atoms with van der Waals surface area (Å²) in [5.74, 6) is 2.37. The minimum atomic E-state index is 0. The van der Waals surface area contributed by atoms with Gasteiger partial charge in [0.1, 0.15) is 0 Å². The van der Waals surface area contributed by atoms with Gasteiger partial charge in [-0.1, -0.05) is 35.9 Å². The lowest BCUT2D eigenvalue weighted by Crippen LogP contribution is -2.36. The zero-order chi connectivity index (χ0) is 16.1. The van der Waals surface area contributed by atoms with E-state index < -0.39 is 0 Å². The standard InChI is InChI=1S/C18H21N3O2.HI/c1-13-3-5-14(6-4-13)10-20-18(19-2)21-11-15-7-8-16-17(9-15)23-12-22-16;/h3-9H,10-12H2,1-2H3,(H2,19,20,21);1H. The molecule has 0 fully saturated rings. The van der Waals surface area contributed by atoms with E-state index in [4.69, 9.17) is 9.47 Å². The number of hydrogen-bond donors (Lipinski definition) is 2. The van der Waals surface area contributed by atoms with Crippen LogP contribution in [-0.2, 0) is 13.1 Å². The van der Waals surface area contributed by atoms with Crippen molar-refractivity contribution in [1.82, 2.24) is 10.6 Å². The molecule has 1 aliphatic rings. The maximum absolute atomic E-state index is 5.39. The minimum Gasteiger partial charge on any atom is -0.454 e. The molecule has 0 bridgehead atoms. The lowest BCUT2D eigenvalue weighted by atomic mass is 10.1. The van der Waals surface area contributed by atoms with Crippen molar-refractivity contribution in [3.63, 3.8) is 0 Å². The van der Waals surface area contributed by atoms with Crippen molar-refractivity contribution in [2.45, 2.75) is 20.0 Å². The summed E-state index contributed by atoms with van der Waals surface area (Å²) < 4.78 is 10.7. The molecule has 3 rings (SSSR count). The van der Waals surface area contributed by atoms with E-state index in [1.807, 2.05) is 18.2 Å². The van der Waals surface area contributed by atoms with Crippen LogP contribution in [0.4, 0.5) is 0 Å². The van der Waals surface area contributed by atoms with Crippen LogP contribution in [0.3, 0.4) is 0 Å².